The molecule has 5 heteroatoms. The van der Waals surface area contributed by atoms with Crippen LogP contribution in [0.2, 0.25) is 0 Å². The van der Waals surface area contributed by atoms with E-state index in [0.29, 0.717) is 0 Å². The quantitative estimate of drug-likeness (QED) is 0.444. The van der Waals surface area contributed by atoms with Gasteiger partial charge in [-0.25, -0.2) is 0 Å². The van der Waals surface area contributed by atoms with Crippen molar-refractivity contribution in [2.45, 2.75) is 6.92 Å². The monoisotopic (exact) mass is 180 g/mol. The molecule has 0 aliphatic heterocycles. The molecule has 0 heterocycles. The molecule has 0 saturated carbocycles. The van der Waals surface area contributed by atoms with Crippen molar-refractivity contribution in [1.29, 1.82) is 0 Å². The van der Waals surface area contributed by atoms with E-state index in [1.54, 1.807) is 0 Å². The summed E-state index contributed by atoms with van der Waals surface area (Å²) in [6.07, 6.45) is 0. The summed E-state index contributed by atoms with van der Waals surface area (Å²) >= 11 is 0. The van der Waals surface area contributed by atoms with Crippen LogP contribution in [-0.2, 0) is 4.79 Å². The summed E-state index contributed by atoms with van der Waals surface area (Å²) in [7, 11) is 0. The zero-order chi connectivity index (χ0) is 3.58. The van der Waals surface area contributed by atoms with E-state index in [1.807, 2.05) is 0 Å². The molecule has 0 aromatic heterocycles. The van der Waals surface area contributed by atoms with Gasteiger partial charge in [0.2, 0.25) is 0 Å². The Kier molecular flexibility index (Phi) is 53.9. The summed E-state index contributed by atoms with van der Waals surface area (Å²) < 4.78 is 0. The summed E-state index contributed by atoms with van der Waals surface area (Å²) in [5.41, 5.74) is 0. The van der Waals surface area contributed by atoms with Gasteiger partial charge in [0.25, 0.3) is 5.97 Å². The molecule has 0 amide bonds. The Balaban J connectivity index is -0.0000000150. The molecule has 0 fully saturated rings. The molecule has 0 aromatic rings. The fraction of sp³-hybridized carbons (Fsp3) is 0.500. The predicted molar refractivity (Wildman–Crippen MR) is 34.8 cm³/mol. The van der Waals surface area contributed by atoms with E-state index in [4.69, 9.17) is 9.90 Å². The van der Waals surface area contributed by atoms with Gasteiger partial charge in [-0.3, -0.25) is 4.79 Å². The molecule has 1 N–H and O–H groups in total. The Bertz CT molecular complexity index is 33.9. The average Bonchev–Trinajstić information content (AvgIpc) is 0.811. The molecule has 0 rings (SSSR count). The Hall–Kier alpha value is 4.38. The van der Waals surface area contributed by atoms with Gasteiger partial charge in [-0.15, -0.1) is 0 Å². The summed E-state index contributed by atoms with van der Waals surface area (Å²) in [6.45, 7) is 1.08. The molecule has 7 heavy (non-hydrogen) atoms. The van der Waals surface area contributed by atoms with Crippen LogP contribution in [0.3, 0.4) is 0 Å². The number of aliphatic carboxylic acids is 1. The fourth-order valence-electron chi connectivity index (χ4n) is 0. The number of carboxylic acids is 1. The first-order valence-corrected chi connectivity index (χ1v) is 0.928. The molecule has 0 aliphatic rings. The van der Waals surface area contributed by atoms with Crippen molar-refractivity contribution < 1.29 is 9.90 Å². The van der Waals surface area contributed by atoms with Crippen LogP contribution in [0.15, 0.2) is 0 Å². The maximum atomic E-state index is 9.00. The molecule has 0 saturated heterocycles. The van der Waals surface area contributed by atoms with Gasteiger partial charge in [0.1, 0.15) is 0 Å². The third-order valence-electron chi connectivity index (χ3n) is 0. The van der Waals surface area contributed by atoms with Gasteiger partial charge in [-0.1, -0.05) is 0 Å². The second-order valence-electron chi connectivity index (χ2n) is 0.519. The van der Waals surface area contributed by atoms with Gasteiger partial charge >= 0.3 is 154 Å². The molecule has 0 spiro atoms. The summed E-state index contributed by atoms with van der Waals surface area (Å²) in [6, 6.07) is 0. The fourth-order valence-corrected chi connectivity index (χ4v) is 0. The van der Waals surface area contributed by atoms with Crippen molar-refractivity contribution in [2.75, 3.05) is 0 Å². The van der Waals surface area contributed by atoms with E-state index in [1.165, 1.54) is 0 Å². The molecule has 0 bridgehead atoms. The Morgan fingerprint density at radius 2 is 1.29 bits per heavy atom. The van der Waals surface area contributed by atoms with Crippen LogP contribution in [0.4, 0.5) is 0 Å². The minimum atomic E-state index is -0.833. The van der Waals surface area contributed by atoms with Gasteiger partial charge in [0, 0.05) is 6.92 Å². The van der Waals surface area contributed by atoms with E-state index < -0.39 is 5.97 Å². The van der Waals surface area contributed by atoms with Crippen LogP contribution >= 0.6 is 0 Å². The average molecular weight is 180 g/mol. The van der Waals surface area contributed by atoms with Crippen molar-refractivity contribution in [2.24, 2.45) is 0 Å². The summed E-state index contributed by atoms with van der Waals surface area (Å²) in [5.74, 6) is -0.833. The van der Waals surface area contributed by atoms with Gasteiger partial charge in [-0.05, 0) is 0 Å². The number of carboxylic acid groups (broad SMARTS) is 1. The normalized spacial score (nSPS) is 3.57. The van der Waals surface area contributed by atoms with Crippen molar-refractivity contribution >= 4 is 160 Å². The number of carbonyl (C=O) groups is 1. The number of hydrogen-bond donors (Lipinski definition) is 1. The van der Waals surface area contributed by atoms with Crippen LogP contribution in [-0.4, -0.2) is 165 Å². The van der Waals surface area contributed by atoms with E-state index in [0.717, 1.165) is 6.92 Å². The van der Waals surface area contributed by atoms with Gasteiger partial charge in [0.15, 0.2) is 0 Å². The first-order valence-electron chi connectivity index (χ1n) is 0.928. The molecule has 30 valence electrons. The third-order valence-corrected chi connectivity index (χ3v) is 0. The third kappa shape index (κ3) is 38.0. The van der Waals surface area contributed by atoms with Gasteiger partial charge < -0.3 is 5.11 Å². The van der Waals surface area contributed by atoms with Crippen LogP contribution < -0.4 is 0 Å². The SMILES string of the molecule is CC(=O)O.[KH].[KH].[KH]. The van der Waals surface area contributed by atoms with Crippen molar-refractivity contribution in [1.82, 2.24) is 0 Å². The summed E-state index contributed by atoms with van der Waals surface area (Å²) in [4.78, 5) is 9.00. The van der Waals surface area contributed by atoms with Gasteiger partial charge in [0.05, 0.1) is 0 Å². The van der Waals surface area contributed by atoms with Crippen LogP contribution in [0.5, 0.6) is 0 Å². The second kappa shape index (κ2) is 16.8. The van der Waals surface area contributed by atoms with Crippen LogP contribution in [0, 0.1) is 0 Å². The number of rotatable bonds is 0. The van der Waals surface area contributed by atoms with Crippen molar-refractivity contribution in [3.05, 3.63) is 0 Å². The maximum absolute atomic E-state index is 9.00. The number of hydrogen-bond acceptors (Lipinski definition) is 1. The molecular formula is C2H7K3O2. The molecule has 0 radical (unpaired) electrons. The van der Waals surface area contributed by atoms with E-state index >= 15 is 0 Å². The molecule has 0 atom stereocenters. The minimum absolute atomic E-state index is 0. The van der Waals surface area contributed by atoms with E-state index in [9.17, 15) is 0 Å². The van der Waals surface area contributed by atoms with E-state index in [2.05, 4.69) is 0 Å². The van der Waals surface area contributed by atoms with Gasteiger partial charge in [-0.2, -0.15) is 0 Å². The van der Waals surface area contributed by atoms with Crippen molar-refractivity contribution in [3.63, 3.8) is 0 Å². The Morgan fingerprint density at radius 3 is 1.29 bits per heavy atom. The Morgan fingerprint density at radius 1 is 1.29 bits per heavy atom. The zero-order valence-electron chi connectivity index (χ0n) is 2.36. The molecular weight excluding hydrogens is 173 g/mol. The topological polar surface area (TPSA) is 37.3 Å². The predicted octanol–water partition coefficient (Wildman–Crippen LogP) is -1.85. The van der Waals surface area contributed by atoms with Crippen LogP contribution in [0.25, 0.3) is 0 Å². The van der Waals surface area contributed by atoms with Crippen LogP contribution in [0.1, 0.15) is 6.92 Å². The summed E-state index contributed by atoms with van der Waals surface area (Å²) in [5, 5.41) is 7.42. The molecule has 0 aliphatic carbocycles. The first-order chi connectivity index (χ1) is 1.73. The first kappa shape index (κ1) is 22.5. The second-order valence-corrected chi connectivity index (χ2v) is 0.519. The van der Waals surface area contributed by atoms with E-state index in [-0.39, 0.29) is 154 Å². The Labute approximate surface area is 171 Å². The molecule has 0 unspecified atom stereocenters. The molecule has 2 nitrogen and oxygen atoms in total. The standard InChI is InChI=1S/C2H4O2.3K.3H/c1-2(3)4;;;;;;/h1H3,(H,3,4);;;;;;. The molecule has 0 aromatic carbocycles. The zero-order valence-corrected chi connectivity index (χ0v) is 2.36. The van der Waals surface area contributed by atoms with Crippen molar-refractivity contribution in [3.8, 4) is 0 Å².